The number of ether oxygens (including phenoxy) is 2. The van der Waals surface area contributed by atoms with Crippen LogP contribution >= 0.6 is 11.6 Å². The number of nitrogen functional groups attached to an aromatic ring is 1. The minimum atomic E-state index is -0.0695. The Balaban J connectivity index is 0.000000168. The van der Waals surface area contributed by atoms with Crippen LogP contribution in [0.3, 0.4) is 0 Å². The second-order valence-electron chi connectivity index (χ2n) is 16.9. The molecule has 2 atom stereocenters. The van der Waals surface area contributed by atoms with Crippen LogP contribution < -0.4 is 11.1 Å². The van der Waals surface area contributed by atoms with E-state index >= 15 is 0 Å². The van der Waals surface area contributed by atoms with Crippen LogP contribution in [0.1, 0.15) is 87.5 Å². The first-order chi connectivity index (χ1) is 28.3. The number of nitrogens with one attached hydrogen (secondary N) is 1. The van der Waals surface area contributed by atoms with Crippen molar-refractivity contribution in [2.24, 2.45) is 0 Å². The molecule has 312 valence electrons. The van der Waals surface area contributed by atoms with E-state index in [1.807, 2.05) is 69.6 Å². The number of nitrogens with two attached hydrogens (primary N) is 1. The molecule has 0 bridgehead atoms. The lowest BCUT2D eigenvalue weighted by atomic mass is 9.93. The van der Waals surface area contributed by atoms with E-state index in [0.29, 0.717) is 16.8 Å². The molecule has 6 aromatic rings. The molecule has 0 amide bonds. The molecular formula is C46H57ClN8O4. The van der Waals surface area contributed by atoms with Crippen LogP contribution in [0.5, 0.6) is 0 Å². The molecule has 8 rings (SSSR count). The van der Waals surface area contributed by atoms with Gasteiger partial charge in [0.1, 0.15) is 22.5 Å². The van der Waals surface area contributed by atoms with Crippen molar-refractivity contribution >= 4 is 29.1 Å². The Labute approximate surface area is 353 Å². The average Bonchev–Trinajstić information content (AvgIpc) is 3.91. The molecule has 0 unspecified atom stereocenters. The number of hydrogen-bond acceptors (Lipinski definition) is 12. The first kappa shape index (κ1) is 43.5. The lowest BCUT2D eigenvalue weighted by Gasteiger charge is -2.33. The Morgan fingerprint density at radius 3 is 1.58 bits per heavy atom. The molecule has 2 fully saturated rings. The number of halogens is 1. The standard InChI is InChI=1S/C23H28N4O2.C16H17ClN2O.C7H12N2O/c1-23(2,3)20-13-22(26-29-20)25-21-10-9-17(14-24-21)15-27-11-12-28-19(16-27)18-7-5-4-6-8-18;17-16-7-6-13(10-18-16)11-19-8-9-20-15(12-19)14-4-2-1-3-5-14;1-7(2,3)5-4-6(8)9-10-5/h4-10,13-14,19H,11-12,15-16H2,1-3H3,(H,24,25,26);1-7,10,15H,8-9,11-12H2;4H,1-3H3,(H2,8,9)/t19-;15-;/m11./s1. The van der Waals surface area contributed by atoms with Crippen LogP contribution in [0, 0.1) is 0 Å². The molecule has 2 saturated heterocycles. The largest absolute Gasteiger partial charge is 0.381 e. The van der Waals surface area contributed by atoms with E-state index < -0.39 is 0 Å². The molecule has 0 aliphatic carbocycles. The topological polar surface area (TPSA) is 141 Å². The van der Waals surface area contributed by atoms with E-state index in [2.05, 4.69) is 111 Å². The highest BCUT2D eigenvalue weighted by Crippen LogP contribution is 2.27. The molecule has 13 heteroatoms. The average molecular weight is 821 g/mol. The summed E-state index contributed by atoms with van der Waals surface area (Å²) in [6, 6.07) is 32.4. The number of rotatable bonds is 8. The molecule has 0 spiro atoms. The summed E-state index contributed by atoms with van der Waals surface area (Å²) in [7, 11) is 0. The minimum absolute atomic E-state index is 0.00458. The van der Waals surface area contributed by atoms with Gasteiger partial charge in [0.25, 0.3) is 0 Å². The maximum absolute atomic E-state index is 5.96. The molecule has 12 nitrogen and oxygen atoms in total. The number of anilines is 3. The number of benzene rings is 2. The number of hydrogen-bond donors (Lipinski definition) is 2. The van der Waals surface area contributed by atoms with Crippen LogP contribution in [0.25, 0.3) is 0 Å². The zero-order valence-electron chi connectivity index (χ0n) is 35.0. The SMILES string of the molecule is CC(C)(C)c1cc(N)no1.CC(C)(C)c1cc(Nc2ccc(CN3CCO[C@@H](c4ccccc4)C3)cn2)no1.Clc1ccc(CN2CCO[C@@H](c3ccccc3)C2)cn1. The van der Waals surface area contributed by atoms with E-state index in [1.165, 1.54) is 22.3 Å². The first-order valence-electron chi connectivity index (χ1n) is 20.1. The third-order valence-electron chi connectivity index (χ3n) is 9.84. The Bertz CT molecular complexity index is 2130. The molecule has 2 aliphatic heterocycles. The van der Waals surface area contributed by atoms with Crippen molar-refractivity contribution in [3.63, 3.8) is 0 Å². The van der Waals surface area contributed by atoms with Crippen LogP contribution in [0.2, 0.25) is 5.15 Å². The number of morpholine rings is 2. The Morgan fingerprint density at radius 2 is 1.15 bits per heavy atom. The zero-order valence-corrected chi connectivity index (χ0v) is 35.7. The summed E-state index contributed by atoms with van der Waals surface area (Å²) >= 11 is 5.81. The van der Waals surface area contributed by atoms with Gasteiger partial charge in [0, 0.05) is 74.6 Å². The first-order valence-corrected chi connectivity index (χ1v) is 20.5. The van der Waals surface area contributed by atoms with Gasteiger partial charge in [0.2, 0.25) is 0 Å². The fraction of sp³-hybridized carbons (Fsp3) is 0.391. The predicted octanol–water partition coefficient (Wildman–Crippen LogP) is 9.55. The summed E-state index contributed by atoms with van der Waals surface area (Å²) in [5, 5.41) is 11.4. The maximum Gasteiger partial charge on any atom is 0.175 e. The molecule has 3 N–H and O–H groups in total. The molecule has 0 saturated carbocycles. The van der Waals surface area contributed by atoms with Crippen molar-refractivity contribution in [3.8, 4) is 0 Å². The minimum Gasteiger partial charge on any atom is -0.381 e. The molecule has 6 heterocycles. The van der Waals surface area contributed by atoms with Gasteiger partial charge in [-0.3, -0.25) is 9.80 Å². The van der Waals surface area contributed by atoms with Crippen LogP contribution in [0.15, 0.2) is 119 Å². The molecule has 59 heavy (non-hydrogen) atoms. The Kier molecular flexibility index (Phi) is 14.9. The number of aromatic nitrogens is 4. The Hall–Kier alpha value is -5.11. The van der Waals surface area contributed by atoms with Gasteiger partial charge in [0.05, 0.1) is 25.4 Å². The quantitative estimate of drug-likeness (QED) is 0.141. The summed E-state index contributed by atoms with van der Waals surface area (Å²) in [5.74, 6) is 3.55. The van der Waals surface area contributed by atoms with Crippen LogP contribution in [-0.2, 0) is 33.4 Å². The van der Waals surface area contributed by atoms with Crippen molar-refractivity contribution in [1.29, 1.82) is 0 Å². The van der Waals surface area contributed by atoms with Crippen LogP contribution in [0.4, 0.5) is 17.5 Å². The van der Waals surface area contributed by atoms with Gasteiger partial charge in [-0.2, -0.15) is 0 Å². The van der Waals surface area contributed by atoms with Crippen molar-refractivity contribution in [1.82, 2.24) is 30.1 Å². The monoisotopic (exact) mass is 820 g/mol. The third kappa shape index (κ3) is 13.5. The summed E-state index contributed by atoms with van der Waals surface area (Å²) in [5.41, 5.74) is 10.1. The highest BCUT2D eigenvalue weighted by Gasteiger charge is 2.24. The molecule has 2 aromatic carbocycles. The fourth-order valence-electron chi connectivity index (χ4n) is 6.50. The predicted molar refractivity (Wildman–Crippen MR) is 232 cm³/mol. The van der Waals surface area contributed by atoms with E-state index in [1.54, 1.807) is 6.07 Å². The van der Waals surface area contributed by atoms with Crippen molar-refractivity contribution < 1.29 is 18.5 Å². The Morgan fingerprint density at radius 1 is 0.644 bits per heavy atom. The van der Waals surface area contributed by atoms with Crippen molar-refractivity contribution in [2.75, 3.05) is 50.4 Å². The summed E-state index contributed by atoms with van der Waals surface area (Å²) in [6.07, 6.45) is 4.04. The number of pyridine rings is 2. The van der Waals surface area contributed by atoms with Crippen LogP contribution in [-0.4, -0.2) is 69.5 Å². The van der Waals surface area contributed by atoms with Gasteiger partial charge in [0.15, 0.2) is 11.6 Å². The molecular weight excluding hydrogens is 764 g/mol. The van der Waals surface area contributed by atoms with Gasteiger partial charge < -0.3 is 29.6 Å². The molecule has 2 aliphatic rings. The number of nitrogens with zero attached hydrogens (tertiary/aromatic N) is 6. The van der Waals surface area contributed by atoms with E-state index in [-0.39, 0.29) is 23.0 Å². The fourth-order valence-corrected chi connectivity index (χ4v) is 6.61. The zero-order chi connectivity index (χ0) is 41.8. The second-order valence-corrected chi connectivity index (χ2v) is 17.3. The van der Waals surface area contributed by atoms with Gasteiger partial charge in [-0.05, 0) is 34.4 Å². The van der Waals surface area contributed by atoms with Crippen molar-refractivity contribution in [3.05, 3.63) is 148 Å². The summed E-state index contributed by atoms with van der Waals surface area (Å²) < 4.78 is 22.2. The molecule has 0 radical (unpaired) electrons. The lowest BCUT2D eigenvalue weighted by molar-refractivity contribution is -0.0330. The van der Waals surface area contributed by atoms with Gasteiger partial charge in [-0.1, -0.05) is 136 Å². The summed E-state index contributed by atoms with van der Waals surface area (Å²) in [4.78, 5) is 13.5. The van der Waals surface area contributed by atoms with E-state index in [4.69, 9.17) is 35.9 Å². The lowest BCUT2D eigenvalue weighted by Crippen LogP contribution is -2.37. The van der Waals surface area contributed by atoms with Gasteiger partial charge in [-0.15, -0.1) is 0 Å². The highest BCUT2D eigenvalue weighted by molar-refractivity contribution is 6.29. The van der Waals surface area contributed by atoms with E-state index in [0.717, 1.165) is 69.8 Å². The summed E-state index contributed by atoms with van der Waals surface area (Å²) in [6.45, 7) is 19.4. The van der Waals surface area contributed by atoms with Gasteiger partial charge >= 0.3 is 0 Å². The second kappa shape index (κ2) is 20.2. The third-order valence-corrected chi connectivity index (χ3v) is 10.1. The highest BCUT2D eigenvalue weighted by atomic mass is 35.5. The normalized spacial score (nSPS) is 17.6. The van der Waals surface area contributed by atoms with Gasteiger partial charge in [-0.25, -0.2) is 9.97 Å². The van der Waals surface area contributed by atoms with Crippen molar-refractivity contribution in [2.45, 2.75) is 77.7 Å². The van der Waals surface area contributed by atoms with E-state index in [9.17, 15) is 0 Å². The smallest absolute Gasteiger partial charge is 0.175 e. The molecule has 4 aromatic heterocycles. The maximum atomic E-state index is 5.96.